The molecule has 18 heavy (non-hydrogen) atoms. The minimum Gasteiger partial charge on any atom is -0.357 e. The van der Waals surface area contributed by atoms with Crippen molar-refractivity contribution in [2.75, 3.05) is 19.6 Å². The maximum absolute atomic E-state index is 4.78. The van der Waals surface area contributed by atoms with Gasteiger partial charge in [0.2, 0.25) is 0 Å². The van der Waals surface area contributed by atoms with Crippen LogP contribution in [0.25, 0.3) is 0 Å². The SMILES string of the molecule is CCNC(=NCC1(C2CC2)CC1)NCC(C)C.I. The first kappa shape index (κ1) is 16.1. The summed E-state index contributed by atoms with van der Waals surface area (Å²) in [4.78, 5) is 4.78. The molecule has 3 nitrogen and oxygen atoms in total. The summed E-state index contributed by atoms with van der Waals surface area (Å²) in [6, 6.07) is 0. The lowest BCUT2D eigenvalue weighted by molar-refractivity contribution is 0.452. The maximum Gasteiger partial charge on any atom is 0.191 e. The maximum atomic E-state index is 4.78. The minimum absolute atomic E-state index is 0. The van der Waals surface area contributed by atoms with Gasteiger partial charge in [-0.1, -0.05) is 13.8 Å². The number of hydrogen-bond donors (Lipinski definition) is 2. The monoisotopic (exact) mass is 365 g/mol. The lowest BCUT2D eigenvalue weighted by Gasteiger charge is -2.15. The Kier molecular flexibility index (Phi) is 6.21. The van der Waals surface area contributed by atoms with E-state index in [1.807, 2.05) is 0 Å². The van der Waals surface area contributed by atoms with Crippen molar-refractivity contribution in [3.63, 3.8) is 0 Å². The van der Waals surface area contributed by atoms with E-state index in [-0.39, 0.29) is 24.0 Å². The number of guanidine groups is 1. The molecule has 2 rings (SSSR count). The van der Waals surface area contributed by atoms with Gasteiger partial charge in [0.05, 0.1) is 0 Å². The molecule has 2 saturated carbocycles. The molecule has 0 aromatic heterocycles. The van der Waals surface area contributed by atoms with E-state index in [0.29, 0.717) is 11.3 Å². The molecule has 0 amide bonds. The molecule has 2 fully saturated rings. The standard InChI is InChI=1S/C14H27N3.HI/c1-4-15-13(16-9-11(2)3)17-10-14(7-8-14)12-5-6-12;/h11-12H,4-10H2,1-3H3,(H2,15,16,17);1H. The van der Waals surface area contributed by atoms with Crippen LogP contribution < -0.4 is 10.6 Å². The molecule has 0 aliphatic heterocycles. The van der Waals surface area contributed by atoms with Gasteiger partial charge in [0.15, 0.2) is 5.96 Å². The van der Waals surface area contributed by atoms with E-state index in [1.54, 1.807) is 0 Å². The van der Waals surface area contributed by atoms with Gasteiger partial charge < -0.3 is 10.6 Å². The van der Waals surface area contributed by atoms with Crippen molar-refractivity contribution in [2.24, 2.45) is 22.2 Å². The summed E-state index contributed by atoms with van der Waals surface area (Å²) in [5.41, 5.74) is 0.611. The summed E-state index contributed by atoms with van der Waals surface area (Å²) >= 11 is 0. The van der Waals surface area contributed by atoms with E-state index in [9.17, 15) is 0 Å². The summed E-state index contributed by atoms with van der Waals surface area (Å²) in [6.07, 6.45) is 5.71. The molecular weight excluding hydrogens is 337 g/mol. The second kappa shape index (κ2) is 6.96. The molecule has 0 spiro atoms. The largest absolute Gasteiger partial charge is 0.357 e. The van der Waals surface area contributed by atoms with Crippen LogP contribution in [0.5, 0.6) is 0 Å². The van der Waals surface area contributed by atoms with Crippen LogP contribution in [0.2, 0.25) is 0 Å². The van der Waals surface area contributed by atoms with Crippen LogP contribution >= 0.6 is 24.0 Å². The van der Waals surface area contributed by atoms with Crippen LogP contribution in [-0.2, 0) is 0 Å². The predicted molar refractivity (Wildman–Crippen MR) is 88.6 cm³/mol. The van der Waals surface area contributed by atoms with Crippen molar-refractivity contribution in [3.05, 3.63) is 0 Å². The van der Waals surface area contributed by atoms with Crippen molar-refractivity contribution < 1.29 is 0 Å². The van der Waals surface area contributed by atoms with E-state index >= 15 is 0 Å². The van der Waals surface area contributed by atoms with Crippen LogP contribution in [0.1, 0.15) is 46.5 Å². The van der Waals surface area contributed by atoms with Crippen LogP contribution in [-0.4, -0.2) is 25.6 Å². The normalized spacial score (nSPS) is 21.4. The third-order valence-corrected chi connectivity index (χ3v) is 3.91. The number of nitrogens with one attached hydrogen (secondary N) is 2. The quantitative estimate of drug-likeness (QED) is 0.431. The number of hydrogen-bond acceptors (Lipinski definition) is 1. The molecule has 0 atom stereocenters. The molecule has 0 unspecified atom stereocenters. The van der Waals surface area contributed by atoms with Gasteiger partial charge in [0, 0.05) is 19.6 Å². The molecule has 4 heteroatoms. The van der Waals surface area contributed by atoms with Crippen molar-refractivity contribution >= 4 is 29.9 Å². The Labute approximate surface area is 129 Å². The Morgan fingerprint density at radius 3 is 2.39 bits per heavy atom. The molecule has 0 bridgehead atoms. The Hall–Kier alpha value is 0. The summed E-state index contributed by atoms with van der Waals surface area (Å²) in [7, 11) is 0. The van der Waals surface area contributed by atoms with Gasteiger partial charge in [-0.25, -0.2) is 0 Å². The average molecular weight is 365 g/mol. The Morgan fingerprint density at radius 1 is 1.28 bits per heavy atom. The summed E-state index contributed by atoms with van der Waals surface area (Å²) in [5, 5.41) is 6.76. The molecule has 2 aliphatic carbocycles. The molecule has 2 aliphatic rings. The van der Waals surface area contributed by atoms with Crippen molar-refractivity contribution in [1.82, 2.24) is 10.6 Å². The Morgan fingerprint density at radius 2 is 1.94 bits per heavy atom. The van der Waals surface area contributed by atoms with E-state index in [1.165, 1.54) is 25.7 Å². The molecule has 0 aromatic carbocycles. The molecule has 0 radical (unpaired) electrons. The zero-order valence-electron chi connectivity index (χ0n) is 12.0. The fraction of sp³-hybridized carbons (Fsp3) is 0.929. The van der Waals surface area contributed by atoms with Gasteiger partial charge in [-0.3, -0.25) is 4.99 Å². The number of rotatable bonds is 6. The molecule has 2 N–H and O–H groups in total. The smallest absolute Gasteiger partial charge is 0.191 e. The molecular formula is C14H28IN3. The first-order chi connectivity index (χ1) is 8.16. The second-order valence-electron chi connectivity index (χ2n) is 6.11. The lowest BCUT2D eigenvalue weighted by atomic mass is 10.0. The van der Waals surface area contributed by atoms with Gasteiger partial charge in [0.25, 0.3) is 0 Å². The van der Waals surface area contributed by atoms with Crippen molar-refractivity contribution in [3.8, 4) is 0 Å². The third kappa shape index (κ3) is 4.59. The van der Waals surface area contributed by atoms with Crippen LogP contribution in [0.4, 0.5) is 0 Å². The first-order valence-corrected chi connectivity index (χ1v) is 7.18. The average Bonchev–Trinajstić information content (AvgIpc) is 3.15. The van der Waals surface area contributed by atoms with Gasteiger partial charge in [-0.05, 0) is 49.9 Å². The highest BCUT2D eigenvalue weighted by atomic mass is 127. The summed E-state index contributed by atoms with van der Waals surface area (Å²) < 4.78 is 0. The molecule has 0 saturated heterocycles. The van der Waals surface area contributed by atoms with E-state index in [2.05, 4.69) is 31.4 Å². The zero-order chi connectivity index (χ0) is 12.3. The zero-order valence-corrected chi connectivity index (χ0v) is 14.3. The number of aliphatic imine (C=N–C) groups is 1. The number of nitrogens with zero attached hydrogens (tertiary/aromatic N) is 1. The third-order valence-electron chi connectivity index (χ3n) is 3.91. The molecule has 0 aromatic rings. The summed E-state index contributed by atoms with van der Waals surface area (Å²) in [5.74, 6) is 2.67. The van der Waals surface area contributed by atoms with E-state index in [0.717, 1.165) is 31.5 Å². The fourth-order valence-corrected chi connectivity index (χ4v) is 2.43. The Balaban J connectivity index is 0.00000162. The van der Waals surface area contributed by atoms with Gasteiger partial charge >= 0.3 is 0 Å². The van der Waals surface area contributed by atoms with E-state index < -0.39 is 0 Å². The highest BCUT2D eigenvalue weighted by Crippen LogP contribution is 2.61. The predicted octanol–water partition coefficient (Wildman–Crippen LogP) is 3.01. The Bertz CT molecular complexity index is 281. The van der Waals surface area contributed by atoms with Gasteiger partial charge in [-0.2, -0.15) is 0 Å². The van der Waals surface area contributed by atoms with Gasteiger partial charge in [0.1, 0.15) is 0 Å². The molecule has 0 heterocycles. The topological polar surface area (TPSA) is 36.4 Å². The van der Waals surface area contributed by atoms with E-state index in [4.69, 9.17) is 4.99 Å². The molecule has 106 valence electrons. The minimum atomic E-state index is 0. The van der Waals surface area contributed by atoms with Gasteiger partial charge in [-0.15, -0.1) is 24.0 Å². The first-order valence-electron chi connectivity index (χ1n) is 7.18. The van der Waals surface area contributed by atoms with Crippen LogP contribution in [0, 0.1) is 17.3 Å². The van der Waals surface area contributed by atoms with Crippen LogP contribution in [0.3, 0.4) is 0 Å². The fourth-order valence-electron chi connectivity index (χ4n) is 2.43. The number of halogens is 1. The highest BCUT2D eigenvalue weighted by molar-refractivity contribution is 14.0. The highest BCUT2D eigenvalue weighted by Gasteiger charge is 2.53. The van der Waals surface area contributed by atoms with Crippen molar-refractivity contribution in [2.45, 2.75) is 46.5 Å². The summed E-state index contributed by atoms with van der Waals surface area (Å²) in [6.45, 7) is 9.56. The van der Waals surface area contributed by atoms with Crippen LogP contribution in [0.15, 0.2) is 4.99 Å². The lowest BCUT2D eigenvalue weighted by Crippen LogP contribution is -2.39. The van der Waals surface area contributed by atoms with Crippen molar-refractivity contribution in [1.29, 1.82) is 0 Å². The second-order valence-corrected chi connectivity index (χ2v) is 6.11.